The number of nitrogens with zero attached hydrogens (tertiary/aromatic N) is 3. The molecule has 3 saturated heterocycles. The molecule has 6 aliphatic rings. The molecule has 0 aromatic rings. The second kappa shape index (κ2) is 29.1. The van der Waals surface area contributed by atoms with Gasteiger partial charge in [-0.15, -0.1) is 0 Å². The summed E-state index contributed by atoms with van der Waals surface area (Å²) in [5.74, 6) is 0.822. The Morgan fingerprint density at radius 1 is 0.603 bits per heavy atom. The summed E-state index contributed by atoms with van der Waals surface area (Å²) < 4.78 is 95.1. The molecule has 3 fully saturated rings. The third-order valence-electron chi connectivity index (χ3n) is 11.5. The lowest BCUT2D eigenvalue weighted by Gasteiger charge is -2.34. The Morgan fingerprint density at radius 3 is 1.35 bits per heavy atom. The van der Waals surface area contributed by atoms with Crippen molar-refractivity contribution in [3.8, 4) is 0 Å². The molecule has 29 nitrogen and oxygen atoms in total. The van der Waals surface area contributed by atoms with E-state index >= 15 is 0 Å². The fourth-order valence-electron chi connectivity index (χ4n) is 8.69. The minimum atomic E-state index is -4.71. The van der Waals surface area contributed by atoms with E-state index < -0.39 is 103 Å². The minimum Gasteiger partial charge on any atom is -0.374 e. The van der Waals surface area contributed by atoms with Gasteiger partial charge < -0.3 is 103 Å². The first-order valence-corrected chi connectivity index (χ1v) is 28.5. The van der Waals surface area contributed by atoms with E-state index in [1.807, 2.05) is 41.5 Å². The van der Waals surface area contributed by atoms with Gasteiger partial charge in [0.25, 0.3) is 17.7 Å². The first-order chi connectivity index (χ1) is 35.7. The Bertz CT molecular complexity index is 2390. The Morgan fingerprint density at radius 2 is 0.974 bits per heavy atom. The maximum Gasteiger partial charge on any atom is 0.469 e. The van der Waals surface area contributed by atoms with Crippen molar-refractivity contribution in [2.45, 2.75) is 161 Å². The van der Waals surface area contributed by atoms with Gasteiger partial charge in [-0.1, -0.05) is 27.2 Å². The molecule has 0 bridgehead atoms. The number of hydrogen-bond acceptors (Lipinski definition) is 20. The lowest BCUT2D eigenvalue weighted by molar-refractivity contribution is -0.120. The summed E-state index contributed by atoms with van der Waals surface area (Å²) in [5.41, 5.74) is 0.337. The maximum absolute atomic E-state index is 11.4. The van der Waals surface area contributed by atoms with Gasteiger partial charge in [0.15, 0.2) is 18.7 Å². The van der Waals surface area contributed by atoms with Crippen LogP contribution in [0.3, 0.4) is 0 Å². The highest BCUT2D eigenvalue weighted by molar-refractivity contribution is 7.55. The van der Waals surface area contributed by atoms with E-state index in [-0.39, 0.29) is 55.9 Å². The minimum absolute atomic E-state index is 0. The van der Waals surface area contributed by atoms with Crippen molar-refractivity contribution in [3.05, 3.63) is 85.4 Å². The van der Waals surface area contributed by atoms with Gasteiger partial charge in [0.1, 0.15) is 72.4 Å². The normalized spacial score (nSPS) is 30.1. The Balaban J connectivity index is 0.000000306. The third-order valence-corrected chi connectivity index (χ3v) is 13.4. The number of rotatable bonds is 20. The van der Waals surface area contributed by atoms with Crippen LogP contribution in [0.1, 0.15) is 62.8 Å². The summed E-state index contributed by atoms with van der Waals surface area (Å²) in [5, 5.41) is 7.69. The first kappa shape index (κ1) is 68.3. The van der Waals surface area contributed by atoms with Crippen molar-refractivity contribution in [1.82, 2.24) is 30.7 Å². The van der Waals surface area contributed by atoms with Crippen LogP contribution < -0.4 is 16.0 Å². The zero-order valence-electron chi connectivity index (χ0n) is 44.4. The number of nitrogens with one attached hydrogen (secondary N) is 3. The third kappa shape index (κ3) is 19.3. The average molecular weight is 1180 g/mol. The fourth-order valence-corrected chi connectivity index (χ4v) is 10.3. The molecular weight excluding hydrogens is 1100 g/mol. The van der Waals surface area contributed by atoms with Crippen LogP contribution in [0.5, 0.6) is 0 Å². The predicted octanol–water partition coefficient (Wildman–Crippen LogP) is 2.13. The maximum atomic E-state index is 11.4. The van der Waals surface area contributed by atoms with Crippen LogP contribution in [0.2, 0.25) is 0 Å². The van der Waals surface area contributed by atoms with Crippen molar-refractivity contribution < 1.29 is 109 Å². The molecule has 0 saturated carbocycles. The van der Waals surface area contributed by atoms with Crippen molar-refractivity contribution >= 4 is 41.0 Å². The molecule has 6 heterocycles. The molecule has 6 rings (SSSR count). The van der Waals surface area contributed by atoms with E-state index in [0.717, 1.165) is 5.82 Å². The van der Waals surface area contributed by atoms with E-state index in [1.54, 1.807) is 21.6 Å². The molecule has 3 amide bonds. The molecule has 9 N–H and O–H groups in total. The Kier molecular flexibility index (Phi) is 25.5. The van der Waals surface area contributed by atoms with E-state index in [0.29, 0.717) is 17.2 Å². The van der Waals surface area contributed by atoms with Crippen LogP contribution in [0, 0.1) is 0 Å². The average Bonchev–Trinajstić information content (AvgIpc) is 3.94. The van der Waals surface area contributed by atoms with Crippen molar-refractivity contribution in [2.75, 3.05) is 27.9 Å². The van der Waals surface area contributed by atoms with Crippen LogP contribution in [0.15, 0.2) is 85.4 Å². The summed E-state index contributed by atoms with van der Waals surface area (Å²) >= 11 is 0. The van der Waals surface area contributed by atoms with E-state index in [4.69, 9.17) is 66.7 Å². The summed E-state index contributed by atoms with van der Waals surface area (Å²) in [6, 6.07) is 0. The number of phosphoric acid groups is 2. The second-order valence-corrected chi connectivity index (χ2v) is 22.4. The van der Waals surface area contributed by atoms with Crippen LogP contribution in [-0.2, 0) is 79.8 Å². The lowest BCUT2D eigenvalue weighted by Crippen LogP contribution is -2.48. The molecule has 0 aromatic carbocycles. The van der Waals surface area contributed by atoms with Gasteiger partial charge in [0, 0.05) is 64.0 Å². The van der Waals surface area contributed by atoms with Gasteiger partial charge >= 0.3 is 23.2 Å². The molecule has 0 aliphatic carbocycles. The van der Waals surface area contributed by atoms with Crippen LogP contribution >= 0.6 is 23.2 Å². The molecule has 78 heavy (non-hydrogen) atoms. The molecule has 32 heteroatoms. The van der Waals surface area contributed by atoms with E-state index in [2.05, 4.69) is 40.2 Å². The highest BCUT2D eigenvalue weighted by Gasteiger charge is 2.54. The zero-order chi connectivity index (χ0) is 58.1. The van der Waals surface area contributed by atoms with Gasteiger partial charge in [-0.3, -0.25) is 28.0 Å². The van der Waals surface area contributed by atoms with Crippen LogP contribution in [0.25, 0.3) is 0 Å². The molecule has 0 aromatic heterocycles. The highest BCUT2D eigenvalue weighted by Crippen LogP contribution is 2.44. The number of carbonyl (C=O) groups excluding carboxylic acids is 3. The van der Waals surface area contributed by atoms with Gasteiger partial charge in [-0.25, -0.2) is 9.13 Å². The topological polar surface area (TPSA) is 371 Å². The van der Waals surface area contributed by atoms with Gasteiger partial charge in [0.2, 0.25) is 0 Å². The van der Waals surface area contributed by atoms with Crippen molar-refractivity contribution in [2.24, 2.45) is 0 Å². The lowest BCUT2D eigenvalue weighted by atomic mass is 10.0. The number of carbonyl (C=O) groups is 3. The number of phosphoric ester groups is 2. The quantitative estimate of drug-likeness (QED) is 0.0788. The predicted molar refractivity (Wildman–Crippen MR) is 276 cm³/mol. The molecule has 6 aliphatic heterocycles. The number of amides is 3. The van der Waals surface area contributed by atoms with Gasteiger partial charge in [-0.2, -0.15) is 0 Å². The Hall–Kier alpha value is -4.00. The van der Waals surface area contributed by atoms with Gasteiger partial charge in [0.05, 0.1) is 31.0 Å². The van der Waals surface area contributed by atoms with Crippen LogP contribution in [-0.4, -0.2) is 188 Å². The number of hydrogen-bond donors (Lipinski definition) is 9. The Labute approximate surface area is 453 Å². The molecule has 0 spiro atoms. The summed E-state index contributed by atoms with van der Waals surface area (Å²) in [7, 11) is -9.30. The summed E-state index contributed by atoms with van der Waals surface area (Å²) in [6.45, 7) is 25.0. The molecule has 444 valence electrons. The summed E-state index contributed by atoms with van der Waals surface area (Å²) in [6.07, 6.45) is -1.25. The highest BCUT2D eigenvalue weighted by atomic mass is 31.2. The monoisotopic (exact) mass is 1170 g/mol. The summed E-state index contributed by atoms with van der Waals surface area (Å²) in [4.78, 5) is 93.6. The van der Waals surface area contributed by atoms with Crippen LogP contribution in [0.4, 0.5) is 0 Å². The second-order valence-electron chi connectivity index (χ2n) is 18.6. The van der Waals surface area contributed by atoms with E-state index in [9.17, 15) is 37.9 Å². The standard InChI is InChI=1S/C16H25N2O7P.C15H25N2O8P.C14H23N2O8P.CH4/c1-9(2)24-14-13(10(3)8-26(20,21)22)25-16(15(14)23-5)18-7-6-12(19)17-11(18)4;1-8(2)23-13-12(9(3)25-26(19,20)21)24-15(14(13)22-5)17-7-6-11(18)16-10(17)4;1-8(2)23-12-10(7-22-25(18,19)20)24-14(13(12)21-4)16-6-5-11(17)15-9(16)3;/h6-9,13-16H,4H2,1-3,5H3,(H,17,19)(H2,20,21,22);6-9,12-15H,4H2,1-3,5H3,(H,16,18)(H2,19,20,21);5-6,8,10,12-14H,3,7H2,1-2,4H3,(H,15,17)(H2,18,19,20);1H4/b10-8+;;;/t13-,14+,15?,16-;9?,12-,13+,14?,15-;10-,12+,13?,14-;/m111./s1. The smallest absolute Gasteiger partial charge is 0.374 e. The SMILES string of the molecule is C.C=C1NC(=O)C=CN1[C@@H]1O[C@H](/C(C)=C/P(=O)(O)O)[C@H](OC(C)C)C1OC.C=C1NC(=O)C=CN1[C@@H]1O[C@H](C(C)OP(=O)(O)O)[C@H](OC(C)C)C1OC.C=C1NC(=O)C=CN1[C@@H]1O[C@H](COP(=O)(O)O)[C@H](OC(C)C)C1OC. The molecule has 4 unspecified atom stereocenters. The van der Waals surface area contributed by atoms with E-state index in [1.165, 1.54) is 65.1 Å². The largest absolute Gasteiger partial charge is 0.469 e. The van der Waals surface area contributed by atoms with Gasteiger partial charge in [-0.05, 0) is 61.0 Å². The molecule has 0 radical (unpaired) electrons. The fraction of sp³-hybridized carbons (Fsp3) is 0.630. The number of methoxy groups -OCH3 is 3. The van der Waals surface area contributed by atoms with Crippen molar-refractivity contribution in [3.63, 3.8) is 0 Å². The molecule has 13 atom stereocenters. The zero-order valence-corrected chi connectivity index (χ0v) is 47.1. The molecular formula is C46H77N6O23P3. The first-order valence-electron chi connectivity index (χ1n) is 23.8. The number of ether oxygens (including phenoxy) is 9. The van der Waals surface area contributed by atoms with Crippen molar-refractivity contribution in [1.29, 1.82) is 0 Å².